The molecule has 1 fully saturated rings. The van der Waals surface area contributed by atoms with Crippen molar-refractivity contribution < 1.29 is 19.4 Å². The maximum atomic E-state index is 12.8. The molecular weight excluding hydrogens is 306 g/mol. The summed E-state index contributed by atoms with van der Waals surface area (Å²) in [6.07, 6.45) is 3.26. The zero-order valence-electron chi connectivity index (χ0n) is 14.7. The molecule has 2 rings (SSSR count). The van der Waals surface area contributed by atoms with Crippen molar-refractivity contribution in [3.05, 3.63) is 29.8 Å². The molecule has 0 spiro atoms. The lowest BCUT2D eigenvalue weighted by Crippen LogP contribution is -2.39. The zero-order valence-corrected chi connectivity index (χ0v) is 14.7. The van der Waals surface area contributed by atoms with E-state index in [0.717, 1.165) is 30.6 Å². The highest BCUT2D eigenvalue weighted by Crippen LogP contribution is 2.31. The van der Waals surface area contributed by atoms with Crippen LogP contribution in [0.3, 0.4) is 0 Å². The molecule has 0 heterocycles. The van der Waals surface area contributed by atoms with Gasteiger partial charge in [0.1, 0.15) is 5.75 Å². The van der Waals surface area contributed by atoms with Crippen LogP contribution in [0, 0.1) is 5.92 Å². The number of ether oxygens (including phenoxy) is 1. The van der Waals surface area contributed by atoms with E-state index in [-0.39, 0.29) is 17.9 Å². The molecule has 2 unspecified atom stereocenters. The van der Waals surface area contributed by atoms with Crippen molar-refractivity contribution in [2.24, 2.45) is 5.92 Å². The number of methoxy groups -OCH3 is 1. The molecule has 2 atom stereocenters. The Morgan fingerprint density at radius 2 is 1.92 bits per heavy atom. The minimum Gasteiger partial charge on any atom is -0.497 e. The van der Waals surface area contributed by atoms with Gasteiger partial charge >= 0.3 is 5.97 Å². The van der Waals surface area contributed by atoms with Gasteiger partial charge in [-0.25, -0.2) is 0 Å². The fourth-order valence-electron chi connectivity index (χ4n) is 2.92. The van der Waals surface area contributed by atoms with Crippen molar-refractivity contribution in [2.45, 2.75) is 51.5 Å². The molecule has 1 aromatic carbocycles. The van der Waals surface area contributed by atoms with E-state index in [1.54, 1.807) is 18.9 Å². The van der Waals surface area contributed by atoms with Crippen LogP contribution in [-0.2, 0) is 9.59 Å². The third kappa shape index (κ3) is 4.73. The molecule has 0 aliphatic heterocycles. The largest absolute Gasteiger partial charge is 0.497 e. The SMILES string of the molecule is CCC(CC(=O)N(CC(C)C(=O)O)C1CC1)c1ccc(OC)cc1. The summed E-state index contributed by atoms with van der Waals surface area (Å²) in [7, 11) is 1.63. The second-order valence-corrected chi connectivity index (χ2v) is 6.60. The molecule has 1 N–H and O–H groups in total. The second-order valence-electron chi connectivity index (χ2n) is 6.60. The van der Waals surface area contributed by atoms with E-state index >= 15 is 0 Å². The molecule has 1 saturated carbocycles. The van der Waals surface area contributed by atoms with Gasteiger partial charge in [0, 0.05) is 19.0 Å². The van der Waals surface area contributed by atoms with Gasteiger partial charge in [-0.15, -0.1) is 0 Å². The van der Waals surface area contributed by atoms with Gasteiger partial charge in [-0.05, 0) is 42.9 Å². The van der Waals surface area contributed by atoms with Crippen molar-refractivity contribution >= 4 is 11.9 Å². The van der Waals surface area contributed by atoms with E-state index in [0.29, 0.717) is 13.0 Å². The Bertz CT molecular complexity index is 565. The predicted molar refractivity (Wildman–Crippen MR) is 92.2 cm³/mol. The maximum Gasteiger partial charge on any atom is 0.308 e. The standard InChI is InChI=1S/C19H27NO4/c1-4-14(15-5-9-17(24-3)10-6-15)11-18(21)20(16-7-8-16)12-13(2)19(22)23/h5-6,9-10,13-14,16H,4,7-8,11-12H2,1-3H3,(H,22,23). The van der Waals surface area contributed by atoms with Crippen LogP contribution in [0.4, 0.5) is 0 Å². The van der Waals surface area contributed by atoms with Crippen LogP contribution in [0.15, 0.2) is 24.3 Å². The molecule has 5 nitrogen and oxygen atoms in total. The quantitative estimate of drug-likeness (QED) is 0.753. The van der Waals surface area contributed by atoms with E-state index in [2.05, 4.69) is 6.92 Å². The first-order valence-corrected chi connectivity index (χ1v) is 8.62. The normalized spacial score (nSPS) is 16.3. The summed E-state index contributed by atoms with van der Waals surface area (Å²) in [5.41, 5.74) is 1.12. The molecule has 1 aliphatic carbocycles. The van der Waals surface area contributed by atoms with Crippen LogP contribution >= 0.6 is 0 Å². The molecular formula is C19H27NO4. The molecule has 0 radical (unpaired) electrons. The smallest absolute Gasteiger partial charge is 0.308 e. The molecule has 132 valence electrons. The Morgan fingerprint density at radius 3 is 2.38 bits per heavy atom. The summed E-state index contributed by atoms with van der Waals surface area (Å²) in [6, 6.07) is 8.05. The number of carboxylic acids is 1. The van der Waals surface area contributed by atoms with Gasteiger partial charge in [0.2, 0.25) is 5.91 Å². The van der Waals surface area contributed by atoms with Crippen LogP contribution in [-0.4, -0.2) is 41.6 Å². The highest BCUT2D eigenvalue weighted by atomic mass is 16.5. The lowest BCUT2D eigenvalue weighted by molar-refractivity contribution is -0.143. The van der Waals surface area contributed by atoms with Gasteiger partial charge < -0.3 is 14.7 Å². The fourth-order valence-corrected chi connectivity index (χ4v) is 2.92. The highest BCUT2D eigenvalue weighted by Gasteiger charge is 2.35. The summed E-state index contributed by atoms with van der Waals surface area (Å²) in [4.78, 5) is 25.7. The third-order valence-corrected chi connectivity index (χ3v) is 4.70. The van der Waals surface area contributed by atoms with Crippen molar-refractivity contribution in [1.29, 1.82) is 0 Å². The minimum absolute atomic E-state index is 0.0632. The van der Waals surface area contributed by atoms with Gasteiger partial charge in [-0.1, -0.05) is 26.0 Å². The maximum absolute atomic E-state index is 12.8. The monoisotopic (exact) mass is 333 g/mol. The first-order valence-electron chi connectivity index (χ1n) is 8.62. The molecule has 24 heavy (non-hydrogen) atoms. The van der Waals surface area contributed by atoms with E-state index in [9.17, 15) is 9.59 Å². The lowest BCUT2D eigenvalue weighted by atomic mass is 9.92. The van der Waals surface area contributed by atoms with Gasteiger partial charge in [0.25, 0.3) is 0 Å². The van der Waals surface area contributed by atoms with Crippen LogP contribution in [0.5, 0.6) is 5.75 Å². The van der Waals surface area contributed by atoms with Gasteiger partial charge in [-0.3, -0.25) is 9.59 Å². The number of carbonyl (C=O) groups excluding carboxylic acids is 1. The van der Waals surface area contributed by atoms with E-state index in [1.807, 2.05) is 24.3 Å². The van der Waals surface area contributed by atoms with Crippen LogP contribution in [0.2, 0.25) is 0 Å². The number of carbonyl (C=O) groups is 2. The number of benzene rings is 1. The fraction of sp³-hybridized carbons (Fsp3) is 0.579. The Hall–Kier alpha value is -2.04. The second kappa shape index (κ2) is 8.18. The number of rotatable bonds is 9. The minimum atomic E-state index is -0.851. The molecule has 0 saturated heterocycles. The number of carboxylic acid groups (broad SMARTS) is 1. The highest BCUT2D eigenvalue weighted by molar-refractivity contribution is 5.79. The van der Waals surface area contributed by atoms with Gasteiger partial charge in [0.05, 0.1) is 13.0 Å². The van der Waals surface area contributed by atoms with Crippen molar-refractivity contribution in [1.82, 2.24) is 4.90 Å². The van der Waals surface area contributed by atoms with Gasteiger partial charge in [0.15, 0.2) is 0 Å². The molecule has 0 aromatic heterocycles. The van der Waals surface area contributed by atoms with E-state index in [1.165, 1.54) is 0 Å². The number of nitrogens with zero attached hydrogens (tertiary/aromatic N) is 1. The first kappa shape index (κ1) is 18.3. The summed E-state index contributed by atoms with van der Waals surface area (Å²) in [5.74, 6) is -0.376. The molecule has 1 aliphatic rings. The summed E-state index contributed by atoms with van der Waals surface area (Å²) in [5, 5.41) is 9.12. The Kier molecular flexibility index (Phi) is 6.23. The summed E-state index contributed by atoms with van der Waals surface area (Å²) >= 11 is 0. The third-order valence-electron chi connectivity index (χ3n) is 4.70. The van der Waals surface area contributed by atoms with Gasteiger partial charge in [-0.2, -0.15) is 0 Å². The first-order chi connectivity index (χ1) is 11.5. The molecule has 5 heteroatoms. The van der Waals surface area contributed by atoms with Crippen molar-refractivity contribution in [3.63, 3.8) is 0 Å². The van der Waals surface area contributed by atoms with Crippen molar-refractivity contribution in [3.8, 4) is 5.75 Å². The van der Waals surface area contributed by atoms with E-state index in [4.69, 9.17) is 9.84 Å². The Balaban J connectivity index is 2.04. The predicted octanol–water partition coefficient (Wildman–Crippen LogP) is 3.29. The average Bonchev–Trinajstić information content (AvgIpc) is 3.41. The lowest BCUT2D eigenvalue weighted by Gasteiger charge is -2.26. The van der Waals surface area contributed by atoms with Crippen LogP contribution in [0.1, 0.15) is 51.0 Å². The van der Waals surface area contributed by atoms with Crippen LogP contribution in [0.25, 0.3) is 0 Å². The zero-order chi connectivity index (χ0) is 17.7. The summed E-state index contributed by atoms with van der Waals surface area (Å²) < 4.78 is 5.18. The number of hydrogen-bond acceptors (Lipinski definition) is 3. The number of hydrogen-bond donors (Lipinski definition) is 1. The average molecular weight is 333 g/mol. The molecule has 1 aromatic rings. The molecule has 0 bridgehead atoms. The number of amides is 1. The Morgan fingerprint density at radius 1 is 1.29 bits per heavy atom. The van der Waals surface area contributed by atoms with Crippen LogP contribution < -0.4 is 4.74 Å². The topological polar surface area (TPSA) is 66.8 Å². The molecule has 1 amide bonds. The number of aliphatic carboxylic acids is 1. The van der Waals surface area contributed by atoms with Crippen molar-refractivity contribution in [2.75, 3.05) is 13.7 Å². The van der Waals surface area contributed by atoms with E-state index < -0.39 is 11.9 Å². The Labute approximate surface area is 143 Å². The summed E-state index contributed by atoms with van der Waals surface area (Å²) in [6.45, 7) is 4.03.